The summed E-state index contributed by atoms with van der Waals surface area (Å²) in [5.74, 6) is 0.134. The summed E-state index contributed by atoms with van der Waals surface area (Å²) in [7, 11) is -1.98. The van der Waals surface area contributed by atoms with Gasteiger partial charge in [0.2, 0.25) is 0 Å². The Balaban J connectivity index is 3.20. The molecule has 1 aromatic rings. The summed E-state index contributed by atoms with van der Waals surface area (Å²) in [6, 6.07) is 5.11. The molecule has 0 bridgehead atoms. The Hall–Kier alpha value is -1.93. The molecule has 1 aromatic heterocycles. The average Bonchev–Trinajstić information content (AvgIpc) is 2.49. The number of nitrogens with zero attached hydrogens (tertiary/aromatic N) is 2. The second-order valence-electron chi connectivity index (χ2n) is 10.8. The molecular weight excluding hydrogens is 400 g/mol. The van der Waals surface area contributed by atoms with Gasteiger partial charge in [-0.3, -0.25) is 0 Å². The number of hydrogen-bond donors (Lipinski definition) is 0. The molecule has 0 aliphatic heterocycles. The second kappa shape index (κ2) is 9.06. The van der Waals surface area contributed by atoms with Crippen molar-refractivity contribution in [2.75, 3.05) is 4.90 Å². The van der Waals surface area contributed by atoms with Gasteiger partial charge in [0.15, 0.2) is 8.32 Å². The van der Waals surface area contributed by atoms with E-state index in [1.165, 1.54) is 0 Å². The van der Waals surface area contributed by atoms with E-state index in [9.17, 15) is 9.59 Å². The second-order valence-corrected chi connectivity index (χ2v) is 15.6. The van der Waals surface area contributed by atoms with Gasteiger partial charge >= 0.3 is 12.2 Å². The van der Waals surface area contributed by atoms with Gasteiger partial charge in [0.05, 0.1) is 12.3 Å². The Bertz CT molecular complexity index is 730. The molecule has 0 N–H and O–H groups in total. The van der Waals surface area contributed by atoms with Gasteiger partial charge in [-0.1, -0.05) is 26.8 Å². The van der Waals surface area contributed by atoms with Crippen molar-refractivity contribution in [3.8, 4) is 0 Å². The Morgan fingerprint density at radius 3 is 1.77 bits per heavy atom. The lowest BCUT2D eigenvalue weighted by Gasteiger charge is -2.36. The van der Waals surface area contributed by atoms with Gasteiger partial charge in [-0.2, -0.15) is 4.90 Å². The summed E-state index contributed by atoms with van der Waals surface area (Å²) < 4.78 is 17.0. The highest BCUT2D eigenvalue weighted by molar-refractivity contribution is 6.74. The van der Waals surface area contributed by atoms with Gasteiger partial charge in [0, 0.05) is 0 Å². The number of amides is 2. The number of rotatable bonds is 4. The summed E-state index contributed by atoms with van der Waals surface area (Å²) in [5.41, 5.74) is -0.935. The highest BCUT2D eigenvalue weighted by atomic mass is 28.4. The molecule has 0 fully saturated rings. The van der Waals surface area contributed by atoms with Gasteiger partial charge in [-0.25, -0.2) is 14.6 Å². The van der Waals surface area contributed by atoms with E-state index in [1.54, 1.807) is 59.7 Å². The van der Waals surface area contributed by atoms with Crippen molar-refractivity contribution in [3.05, 3.63) is 23.9 Å². The lowest BCUT2D eigenvalue weighted by Crippen LogP contribution is -2.44. The van der Waals surface area contributed by atoms with Crippen molar-refractivity contribution >= 4 is 26.3 Å². The fourth-order valence-electron chi connectivity index (χ4n) is 2.02. The van der Waals surface area contributed by atoms with E-state index in [2.05, 4.69) is 38.8 Å². The topological polar surface area (TPSA) is 78.0 Å². The standard InChI is InChI=1S/C22H38N2O5Si/c1-20(2,3)28-18(25)24(19(26)29-21(4,5)6)17-14-12-13-16(23-17)15-27-30(10,11)22(7,8)9/h12-14H,15H2,1-11H3. The first kappa shape index (κ1) is 26.1. The number of hydrogen-bond acceptors (Lipinski definition) is 6. The third-order valence-electron chi connectivity index (χ3n) is 4.56. The van der Waals surface area contributed by atoms with Crippen LogP contribution in [0.1, 0.15) is 68.0 Å². The number of pyridine rings is 1. The molecule has 0 aromatic carbocycles. The fraction of sp³-hybridized carbons (Fsp3) is 0.682. The molecule has 170 valence electrons. The summed E-state index contributed by atoms with van der Waals surface area (Å²) in [4.78, 5) is 30.9. The Morgan fingerprint density at radius 2 is 1.37 bits per heavy atom. The average molecular weight is 439 g/mol. The molecule has 0 aliphatic carbocycles. The SMILES string of the molecule is CC(C)(C)OC(=O)N(C(=O)OC(C)(C)C)c1cccc(CO[Si](C)(C)C(C)(C)C)n1. The van der Waals surface area contributed by atoms with E-state index in [-0.39, 0.29) is 10.9 Å². The van der Waals surface area contributed by atoms with Crippen molar-refractivity contribution in [1.82, 2.24) is 4.98 Å². The van der Waals surface area contributed by atoms with Crippen LogP contribution in [0.4, 0.5) is 15.4 Å². The molecule has 0 atom stereocenters. The zero-order chi connectivity index (χ0) is 23.5. The van der Waals surface area contributed by atoms with Gasteiger partial charge in [0.1, 0.15) is 17.0 Å². The van der Waals surface area contributed by atoms with E-state index in [0.29, 0.717) is 12.3 Å². The predicted molar refractivity (Wildman–Crippen MR) is 121 cm³/mol. The van der Waals surface area contributed by atoms with Crippen molar-refractivity contribution < 1.29 is 23.5 Å². The number of aromatic nitrogens is 1. The first-order valence-corrected chi connectivity index (χ1v) is 13.1. The predicted octanol–water partition coefficient (Wildman–Crippen LogP) is 6.28. The van der Waals surface area contributed by atoms with E-state index in [1.807, 2.05) is 0 Å². The van der Waals surface area contributed by atoms with Gasteiger partial charge in [-0.05, 0) is 71.8 Å². The Kier molecular flexibility index (Phi) is 7.88. The van der Waals surface area contributed by atoms with Gasteiger partial charge in [-0.15, -0.1) is 0 Å². The number of carbonyl (C=O) groups excluding carboxylic acids is 2. The van der Waals surface area contributed by atoms with Crippen LogP contribution in [-0.4, -0.2) is 36.7 Å². The number of anilines is 1. The molecule has 30 heavy (non-hydrogen) atoms. The minimum Gasteiger partial charge on any atom is -0.443 e. The normalized spacial score (nSPS) is 13.0. The highest BCUT2D eigenvalue weighted by Gasteiger charge is 2.37. The summed E-state index contributed by atoms with van der Waals surface area (Å²) in [6.45, 7) is 21.5. The molecule has 0 aliphatic rings. The molecule has 1 heterocycles. The van der Waals surface area contributed by atoms with Gasteiger partial charge < -0.3 is 13.9 Å². The van der Waals surface area contributed by atoms with Crippen molar-refractivity contribution in [3.63, 3.8) is 0 Å². The first-order valence-electron chi connectivity index (χ1n) is 10.2. The summed E-state index contributed by atoms with van der Waals surface area (Å²) in [6.07, 6.45) is -1.68. The minimum absolute atomic E-state index is 0.0592. The molecular formula is C22H38N2O5Si. The van der Waals surface area contributed by atoms with Crippen LogP contribution in [0.5, 0.6) is 0 Å². The monoisotopic (exact) mass is 438 g/mol. The molecule has 7 nitrogen and oxygen atoms in total. The smallest absolute Gasteiger partial charge is 0.425 e. The highest BCUT2D eigenvalue weighted by Crippen LogP contribution is 2.37. The molecule has 8 heteroatoms. The number of carbonyl (C=O) groups is 2. The van der Waals surface area contributed by atoms with Crippen molar-refractivity contribution in [2.24, 2.45) is 0 Å². The third-order valence-corrected chi connectivity index (χ3v) is 9.04. The van der Waals surface area contributed by atoms with E-state index in [0.717, 1.165) is 4.90 Å². The number of imide groups is 1. The summed E-state index contributed by atoms with van der Waals surface area (Å²) >= 11 is 0. The first-order chi connectivity index (χ1) is 13.3. The molecule has 0 unspecified atom stereocenters. The minimum atomic E-state index is -1.98. The molecule has 0 saturated heterocycles. The van der Waals surface area contributed by atoms with Crippen LogP contribution >= 0.6 is 0 Å². The maximum absolute atomic E-state index is 12.8. The Morgan fingerprint density at radius 1 is 0.900 bits per heavy atom. The van der Waals surface area contributed by atoms with E-state index in [4.69, 9.17) is 13.9 Å². The van der Waals surface area contributed by atoms with Crippen molar-refractivity contribution in [1.29, 1.82) is 0 Å². The fourth-order valence-corrected chi connectivity index (χ4v) is 2.96. The van der Waals surface area contributed by atoms with Crippen LogP contribution in [0, 0.1) is 0 Å². The van der Waals surface area contributed by atoms with Gasteiger partial charge in [0.25, 0.3) is 0 Å². The van der Waals surface area contributed by atoms with Crippen LogP contribution in [-0.2, 0) is 20.5 Å². The van der Waals surface area contributed by atoms with Crippen LogP contribution in [0.3, 0.4) is 0 Å². The lowest BCUT2D eigenvalue weighted by molar-refractivity contribution is 0.0429. The zero-order valence-corrected chi connectivity index (χ0v) is 21.4. The maximum atomic E-state index is 12.8. The van der Waals surface area contributed by atoms with Crippen molar-refractivity contribution in [2.45, 2.75) is 98.3 Å². The largest absolute Gasteiger partial charge is 0.443 e. The van der Waals surface area contributed by atoms with Crippen LogP contribution in [0.15, 0.2) is 18.2 Å². The van der Waals surface area contributed by atoms with E-state index < -0.39 is 31.7 Å². The molecule has 2 amide bonds. The Labute approximate surface area is 182 Å². The molecule has 0 radical (unpaired) electrons. The molecule has 0 spiro atoms. The summed E-state index contributed by atoms with van der Waals surface area (Å²) in [5, 5.41) is 0.0592. The molecule has 0 saturated carbocycles. The van der Waals surface area contributed by atoms with E-state index >= 15 is 0 Å². The third kappa shape index (κ3) is 8.06. The maximum Gasteiger partial charge on any atom is 0.425 e. The number of ether oxygens (including phenoxy) is 2. The lowest BCUT2D eigenvalue weighted by atomic mass is 10.2. The quantitative estimate of drug-likeness (QED) is 0.515. The van der Waals surface area contributed by atoms with Crippen LogP contribution < -0.4 is 4.90 Å². The van der Waals surface area contributed by atoms with Crippen LogP contribution in [0.25, 0.3) is 0 Å². The molecule has 1 rings (SSSR count). The zero-order valence-electron chi connectivity index (χ0n) is 20.4. The van der Waals surface area contributed by atoms with Crippen LogP contribution in [0.2, 0.25) is 18.1 Å².